The molecule has 3 fully saturated rings. The number of aliphatic hydroxyl groups is 1. The molecule has 0 saturated carbocycles. The van der Waals surface area contributed by atoms with Gasteiger partial charge in [-0.1, -0.05) is 59.8 Å². The van der Waals surface area contributed by atoms with Crippen molar-refractivity contribution < 1.29 is 24.2 Å². The highest BCUT2D eigenvalue weighted by molar-refractivity contribution is 5.99. The summed E-state index contributed by atoms with van der Waals surface area (Å²) in [5.41, 5.74) is -0.0598. The molecule has 1 N–H and O–H groups in total. The first-order chi connectivity index (χ1) is 21.2. The van der Waals surface area contributed by atoms with E-state index in [1.165, 1.54) is 4.90 Å². The topological polar surface area (TPSA) is 121 Å². The smallest absolute Gasteiger partial charge is 0.250 e. The number of para-hydroxylation sites is 1. The largest absolute Gasteiger partial charge is 0.394 e. The number of rotatable bonds is 11. The minimum absolute atomic E-state index is 0.0570. The van der Waals surface area contributed by atoms with Crippen LogP contribution in [0.4, 0.5) is 0 Å². The van der Waals surface area contributed by atoms with Crippen molar-refractivity contribution in [1.82, 2.24) is 29.7 Å². The average molecular weight is 599 g/mol. The number of carbonyl (C=O) groups excluding carboxylic acids is 3. The fraction of sp³-hybridized carbons (Fsp3) is 0.424. The summed E-state index contributed by atoms with van der Waals surface area (Å²) in [5, 5.41) is 19.3. The van der Waals surface area contributed by atoms with Gasteiger partial charge in [-0.15, -0.1) is 18.3 Å². The van der Waals surface area contributed by atoms with Crippen LogP contribution in [-0.4, -0.2) is 96.5 Å². The SMILES string of the molecule is C=CCN(C)C(=O)[C@H]1[C@H]2C(=O)N([C@H](CO)c3ccccc3)C(C(=O)N(CC=C)Cn3nnc4ccccc43)C23CC[C@]1(C)O3. The van der Waals surface area contributed by atoms with Crippen LogP contribution in [0.5, 0.6) is 0 Å². The van der Waals surface area contributed by atoms with Crippen LogP contribution < -0.4 is 0 Å². The molecule has 3 saturated heterocycles. The molecule has 2 bridgehead atoms. The molecule has 6 atom stereocenters. The Morgan fingerprint density at radius 3 is 2.50 bits per heavy atom. The predicted octanol–water partition coefficient (Wildman–Crippen LogP) is 2.55. The number of aromatic nitrogens is 3. The Morgan fingerprint density at radius 2 is 1.80 bits per heavy atom. The van der Waals surface area contributed by atoms with Gasteiger partial charge in [0.1, 0.15) is 23.8 Å². The minimum Gasteiger partial charge on any atom is -0.394 e. The second-order valence-electron chi connectivity index (χ2n) is 12.2. The fourth-order valence-electron chi connectivity index (χ4n) is 7.64. The molecule has 6 rings (SSSR count). The summed E-state index contributed by atoms with van der Waals surface area (Å²) in [7, 11) is 1.68. The fourth-order valence-corrected chi connectivity index (χ4v) is 7.64. The van der Waals surface area contributed by atoms with Crippen LogP contribution in [0.1, 0.15) is 31.4 Å². The molecular formula is C33H38N6O5. The van der Waals surface area contributed by atoms with Gasteiger partial charge in [-0.2, -0.15) is 0 Å². The van der Waals surface area contributed by atoms with Gasteiger partial charge < -0.3 is 24.5 Å². The second-order valence-corrected chi connectivity index (χ2v) is 12.2. The minimum atomic E-state index is -1.26. The number of aliphatic hydroxyl groups excluding tert-OH is 1. The molecule has 11 nitrogen and oxygen atoms in total. The number of likely N-dealkylation sites (N-methyl/N-ethyl adjacent to an activating group) is 1. The normalized spacial score (nSPS) is 27.8. The van der Waals surface area contributed by atoms with E-state index >= 15 is 0 Å². The Hall–Kier alpha value is -4.35. The van der Waals surface area contributed by atoms with Gasteiger partial charge in [-0.3, -0.25) is 14.4 Å². The molecule has 2 aromatic carbocycles. The summed E-state index contributed by atoms with van der Waals surface area (Å²) in [6, 6.07) is 14.7. The second kappa shape index (κ2) is 11.3. The molecule has 3 aliphatic heterocycles. The number of carbonyl (C=O) groups is 3. The predicted molar refractivity (Wildman–Crippen MR) is 163 cm³/mol. The van der Waals surface area contributed by atoms with Crippen molar-refractivity contribution in [2.45, 2.75) is 49.7 Å². The molecular weight excluding hydrogens is 560 g/mol. The van der Waals surface area contributed by atoms with Crippen LogP contribution in [0.25, 0.3) is 11.0 Å². The summed E-state index contributed by atoms with van der Waals surface area (Å²) in [5.74, 6) is -2.66. The van der Waals surface area contributed by atoms with E-state index in [0.717, 1.165) is 5.52 Å². The molecule has 1 aromatic heterocycles. The maximum absolute atomic E-state index is 14.9. The Bertz CT molecular complexity index is 1610. The molecule has 4 heterocycles. The maximum Gasteiger partial charge on any atom is 0.250 e. The number of benzene rings is 2. The number of nitrogens with zero attached hydrogens (tertiary/aromatic N) is 6. The van der Waals surface area contributed by atoms with Crippen molar-refractivity contribution in [3.8, 4) is 0 Å². The molecule has 3 aromatic rings. The lowest BCUT2D eigenvalue weighted by molar-refractivity contribution is -0.157. The van der Waals surface area contributed by atoms with E-state index in [1.807, 2.05) is 61.5 Å². The third kappa shape index (κ3) is 4.45. The van der Waals surface area contributed by atoms with E-state index in [2.05, 4.69) is 23.5 Å². The van der Waals surface area contributed by atoms with E-state index in [9.17, 15) is 19.5 Å². The molecule has 2 unspecified atom stereocenters. The van der Waals surface area contributed by atoms with Crippen molar-refractivity contribution in [2.24, 2.45) is 11.8 Å². The Labute approximate surface area is 256 Å². The first kappa shape index (κ1) is 29.7. The van der Waals surface area contributed by atoms with Gasteiger partial charge in [0.15, 0.2) is 0 Å². The van der Waals surface area contributed by atoms with Gasteiger partial charge >= 0.3 is 0 Å². The van der Waals surface area contributed by atoms with Crippen LogP contribution in [-0.2, 0) is 25.8 Å². The van der Waals surface area contributed by atoms with Crippen molar-refractivity contribution in [1.29, 1.82) is 0 Å². The lowest BCUT2D eigenvalue weighted by Crippen LogP contribution is -2.57. The van der Waals surface area contributed by atoms with Crippen LogP contribution in [0, 0.1) is 11.8 Å². The van der Waals surface area contributed by atoms with Crippen LogP contribution in [0.2, 0.25) is 0 Å². The van der Waals surface area contributed by atoms with Gasteiger partial charge in [-0.25, -0.2) is 4.68 Å². The number of fused-ring (bicyclic) bond motifs is 2. The lowest BCUT2D eigenvalue weighted by atomic mass is 9.66. The molecule has 230 valence electrons. The third-order valence-electron chi connectivity index (χ3n) is 9.57. The van der Waals surface area contributed by atoms with Crippen molar-refractivity contribution in [3.63, 3.8) is 0 Å². The Kier molecular flexibility index (Phi) is 7.63. The first-order valence-electron chi connectivity index (χ1n) is 14.9. The van der Waals surface area contributed by atoms with Gasteiger partial charge in [0.25, 0.3) is 0 Å². The third-order valence-corrected chi connectivity index (χ3v) is 9.57. The molecule has 1 spiro atoms. The van der Waals surface area contributed by atoms with Gasteiger partial charge in [-0.05, 0) is 37.5 Å². The highest BCUT2D eigenvalue weighted by Crippen LogP contribution is 2.64. The highest BCUT2D eigenvalue weighted by Gasteiger charge is 2.78. The maximum atomic E-state index is 14.9. The lowest BCUT2D eigenvalue weighted by Gasteiger charge is -2.39. The van der Waals surface area contributed by atoms with Gasteiger partial charge in [0, 0.05) is 20.1 Å². The van der Waals surface area contributed by atoms with E-state index in [1.54, 1.807) is 33.7 Å². The highest BCUT2D eigenvalue weighted by atomic mass is 16.5. The van der Waals surface area contributed by atoms with E-state index < -0.39 is 41.7 Å². The molecule has 3 amide bonds. The monoisotopic (exact) mass is 598 g/mol. The number of hydrogen-bond acceptors (Lipinski definition) is 7. The zero-order chi connectivity index (χ0) is 31.2. The van der Waals surface area contributed by atoms with Crippen molar-refractivity contribution in [2.75, 3.05) is 26.7 Å². The zero-order valence-electron chi connectivity index (χ0n) is 25.1. The Balaban J connectivity index is 1.46. The summed E-state index contributed by atoms with van der Waals surface area (Å²) >= 11 is 0. The molecule has 0 aliphatic carbocycles. The molecule has 0 radical (unpaired) electrons. The molecule has 44 heavy (non-hydrogen) atoms. The van der Waals surface area contributed by atoms with Crippen molar-refractivity contribution in [3.05, 3.63) is 85.5 Å². The van der Waals surface area contributed by atoms with Gasteiger partial charge in [0.05, 0.1) is 35.6 Å². The van der Waals surface area contributed by atoms with Crippen molar-refractivity contribution >= 4 is 28.8 Å². The quantitative estimate of drug-likeness (QED) is 0.337. The number of likely N-dealkylation sites (tertiary alicyclic amines) is 1. The summed E-state index contributed by atoms with van der Waals surface area (Å²) < 4.78 is 8.44. The molecule has 3 aliphatic rings. The Morgan fingerprint density at radius 1 is 1.09 bits per heavy atom. The standard InChI is InChI=1S/C33H38N6O5/c1-5-18-36(4)29(41)26-27-30(42)39(25(20-40)22-12-8-7-9-13-22)28(33(27)17-16-32(26,3)44-33)31(43)37(19-6-2)21-38-24-15-11-10-14-23(24)34-35-38/h5-15,25-28,40H,1-2,16-21H2,3-4H3/t25-,26-,27+,28?,32+,33?/m1/s1. The number of amides is 3. The van der Waals surface area contributed by atoms with E-state index in [4.69, 9.17) is 4.74 Å². The number of ether oxygens (including phenoxy) is 1. The summed E-state index contributed by atoms with van der Waals surface area (Å²) in [6.07, 6.45) is 4.19. The molecule has 11 heteroatoms. The van der Waals surface area contributed by atoms with Crippen LogP contribution >= 0.6 is 0 Å². The van der Waals surface area contributed by atoms with Crippen LogP contribution in [0.3, 0.4) is 0 Å². The van der Waals surface area contributed by atoms with Gasteiger partial charge in [0.2, 0.25) is 17.7 Å². The van der Waals surface area contributed by atoms with E-state index in [-0.39, 0.29) is 30.9 Å². The van der Waals surface area contributed by atoms with Crippen LogP contribution in [0.15, 0.2) is 79.9 Å². The first-order valence-corrected chi connectivity index (χ1v) is 14.9. The summed E-state index contributed by atoms with van der Waals surface area (Å²) in [4.78, 5) is 48.1. The number of hydrogen-bond donors (Lipinski definition) is 1. The van der Waals surface area contributed by atoms with E-state index in [0.29, 0.717) is 30.5 Å². The average Bonchev–Trinajstić information content (AvgIpc) is 3.73. The summed E-state index contributed by atoms with van der Waals surface area (Å²) in [6.45, 7) is 9.63. The zero-order valence-corrected chi connectivity index (χ0v) is 25.1.